The first-order valence-corrected chi connectivity index (χ1v) is 12.5. The van der Waals surface area contributed by atoms with Gasteiger partial charge in [-0.2, -0.15) is 18.4 Å². The summed E-state index contributed by atoms with van der Waals surface area (Å²) in [6, 6.07) is 14.7. The van der Waals surface area contributed by atoms with Crippen molar-refractivity contribution in [3.05, 3.63) is 60.3 Å². The molecule has 3 aromatic rings. The van der Waals surface area contributed by atoms with Crippen molar-refractivity contribution in [2.75, 3.05) is 53.6 Å². The quantitative estimate of drug-likeness (QED) is 0.466. The van der Waals surface area contributed by atoms with Crippen molar-refractivity contribution < 1.29 is 22.1 Å². The molecule has 4 rings (SSSR count). The lowest BCUT2D eigenvalue weighted by Gasteiger charge is -2.31. The molecule has 1 saturated heterocycles. The first-order chi connectivity index (χ1) is 17.3. The number of hydrogen-bond acceptors (Lipinski definition) is 7. The molecule has 1 aliphatic rings. The largest absolute Gasteiger partial charge is 0.418 e. The summed E-state index contributed by atoms with van der Waals surface area (Å²) in [4.78, 5) is 10.2. The molecular formula is C24H23F3N6O2S. The van der Waals surface area contributed by atoms with Gasteiger partial charge in [0.05, 0.1) is 36.2 Å². The SMILES string of the molecule is CS(=O)N(CC#N)c1ccc(-c2ccnc(Nc3ccc(N4CCOCC4)c(C(F)(F)F)c3)n2)cc1. The van der Waals surface area contributed by atoms with Crippen LogP contribution in [0.5, 0.6) is 0 Å². The number of aromatic nitrogens is 2. The summed E-state index contributed by atoms with van der Waals surface area (Å²) in [5, 5.41) is 11.8. The van der Waals surface area contributed by atoms with E-state index in [1.165, 1.54) is 22.8 Å². The second-order valence-electron chi connectivity index (χ2n) is 7.88. The maximum atomic E-state index is 13.8. The molecule has 0 radical (unpaired) electrons. The molecule has 12 heteroatoms. The number of hydrogen-bond donors (Lipinski definition) is 1. The molecule has 2 aromatic carbocycles. The maximum Gasteiger partial charge on any atom is 0.418 e. The molecule has 1 N–H and O–H groups in total. The lowest BCUT2D eigenvalue weighted by Crippen LogP contribution is -2.37. The number of benzene rings is 2. The Morgan fingerprint density at radius 3 is 2.53 bits per heavy atom. The predicted molar refractivity (Wildman–Crippen MR) is 132 cm³/mol. The van der Waals surface area contributed by atoms with E-state index in [2.05, 4.69) is 15.3 Å². The number of ether oxygens (including phenoxy) is 1. The number of halogens is 3. The van der Waals surface area contributed by atoms with Gasteiger partial charge >= 0.3 is 6.18 Å². The van der Waals surface area contributed by atoms with E-state index in [0.717, 1.165) is 11.6 Å². The Morgan fingerprint density at radius 1 is 1.17 bits per heavy atom. The summed E-state index contributed by atoms with van der Waals surface area (Å²) < 4.78 is 60.1. The zero-order chi connectivity index (χ0) is 25.7. The van der Waals surface area contributed by atoms with E-state index in [1.807, 2.05) is 6.07 Å². The van der Waals surface area contributed by atoms with Gasteiger partial charge in [0.1, 0.15) is 17.5 Å². The van der Waals surface area contributed by atoms with Gasteiger partial charge < -0.3 is 15.0 Å². The van der Waals surface area contributed by atoms with Crippen molar-refractivity contribution in [3.63, 3.8) is 0 Å². The van der Waals surface area contributed by atoms with Crippen molar-refractivity contribution in [1.82, 2.24) is 9.97 Å². The Balaban J connectivity index is 1.57. The van der Waals surface area contributed by atoms with Gasteiger partial charge in [-0.25, -0.2) is 14.2 Å². The monoisotopic (exact) mass is 516 g/mol. The average molecular weight is 517 g/mol. The van der Waals surface area contributed by atoms with Gasteiger partial charge in [-0.05, 0) is 36.4 Å². The number of rotatable bonds is 7. The molecule has 0 saturated carbocycles. The van der Waals surface area contributed by atoms with Gasteiger partial charge in [0, 0.05) is 42.5 Å². The second-order valence-corrected chi connectivity index (χ2v) is 9.17. The van der Waals surface area contributed by atoms with E-state index in [-0.39, 0.29) is 23.9 Å². The van der Waals surface area contributed by atoms with Gasteiger partial charge in [0.25, 0.3) is 0 Å². The number of morpholine rings is 1. The zero-order valence-corrected chi connectivity index (χ0v) is 20.1. The van der Waals surface area contributed by atoms with Crippen LogP contribution in [0.3, 0.4) is 0 Å². The van der Waals surface area contributed by atoms with E-state index in [9.17, 15) is 17.4 Å². The lowest BCUT2D eigenvalue weighted by molar-refractivity contribution is -0.137. The minimum Gasteiger partial charge on any atom is -0.378 e. The van der Waals surface area contributed by atoms with Gasteiger partial charge in [0.2, 0.25) is 5.95 Å². The molecular weight excluding hydrogens is 493 g/mol. The van der Waals surface area contributed by atoms with Crippen molar-refractivity contribution >= 4 is 34.0 Å². The highest BCUT2D eigenvalue weighted by molar-refractivity contribution is 7.85. The van der Waals surface area contributed by atoms with Crippen molar-refractivity contribution in [2.24, 2.45) is 0 Å². The molecule has 1 aromatic heterocycles. The molecule has 1 atom stereocenters. The highest BCUT2D eigenvalue weighted by Gasteiger charge is 2.35. The maximum absolute atomic E-state index is 13.8. The summed E-state index contributed by atoms with van der Waals surface area (Å²) in [6.45, 7) is 1.52. The van der Waals surface area contributed by atoms with E-state index in [0.29, 0.717) is 37.7 Å². The summed E-state index contributed by atoms with van der Waals surface area (Å²) in [6.07, 6.45) is -1.53. The smallest absolute Gasteiger partial charge is 0.378 e. The third-order valence-corrected chi connectivity index (χ3v) is 6.50. The predicted octanol–water partition coefficient (Wildman–Crippen LogP) is 4.37. The van der Waals surface area contributed by atoms with Crippen LogP contribution in [0.1, 0.15) is 5.56 Å². The number of nitrogens with zero attached hydrogens (tertiary/aromatic N) is 5. The molecule has 2 heterocycles. The fourth-order valence-electron chi connectivity index (χ4n) is 3.82. The first-order valence-electron chi connectivity index (χ1n) is 11.0. The molecule has 0 bridgehead atoms. The molecule has 0 aliphatic carbocycles. The standard InChI is InChI=1S/C24H23F3N6O2S/c1-36(34)33(11-9-28)19-5-2-17(3-6-19)21-8-10-29-23(31-21)30-18-4-7-22(20(16-18)24(25,26)27)32-12-14-35-15-13-32/h2-8,10,16H,11-15H2,1H3,(H,29,30,31). The van der Waals surface area contributed by atoms with Crippen LogP contribution in [-0.4, -0.2) is 53.3 Å². The number of nitriles is 1. The first kappa shape index (κ1) is 25.4. The van der Waals surface area contributed by atoms with Crippen LogP contribution < -0.4 is 14.5 Å². The minimum atomic E-state index is -4.53. The van der Waals surface area contributed by atoms with Crippen LogP contribution in [0, 0.1) is 11.3 Å². The van der Waals surface area contributed by atoms with Crippen molar-refractivity contribution in [1.29, 1.82) is 5.26 Å². The Morgan fingerprint density at radius 2 is 1.89 bits per heavy atom. The average Bonchev–Trinajstić information content (AvgIpc) is 2.87. The Bertz CT molecular complexity index is 1270. The third-order valence-electron chi connectivity index (χ3n) is 5.54. The van der Waals surface area contributed by atoms with E-state index >= 15 is 0 Å². The highest BCUT2D eigenvalue weighted by atomic mass is 32.2. The molecule has 0 spiro atoms. The lowest BCUT2D eigenvalue weighted by atomic mass is 10.1. The number of nitrogens with one attached hydrogen (secondary N) is 1. The van der Waals surface area contributed by atoms with E-state index in [1.54, 1.807) is 41.3 Å². The normalized spacial score (nSPS) is 14.7. The van der Waals surface area contributed by atoms with E-state index < -0.39 is 22.7 Å². The molecule has 1 unspecified atom stereocenters. The molecule has 1 fully saturated rings. The third kappa shape index (κ3) is 5.92. The summed E-state index contributed by atoms with van der Waals surface area (Å²) in [7, 11) is -1.36. The van der Waals surface area contributed by atoms with E-state index in [4.69, 9.17) is 10.00 Å². The van der Waals surface area contributed by atoms with Crippen LogP contribution in [0.2, 0.25) is 0 Å². The van der Waals surface area contributed by atoms with Gasteiger partial charge in [-0.3, -0.25) is 4.31 Å². The second kappa shape index (κ2) is 10.9. The van der Waals surface area contributed by atoms with Crippen molar-refractivity contribution in [3.8, 4) is 17.3 Å². The zero-order valence-electron chi connectivity index (χ0n) is 19.3. The molecule has 188 valence electrons. The van der Waals surface area contributed by atoms with Crippen LogP contribution in [-0.2, 0) is 21.9 Å². The molecule has 36 heavy (non-hydrogen) atoms. The van der Waals surface area contributed by atoms with Gasteiger partial charge in [-0.1, -0.05) is 12.1 Å². The summed E-state index contributed by atoms with van der Waals surface area (Å²) in [5.41, 5.74) is 1.48. The van der Waals surface area contributed by atoms with Gasteiger partial charge in [-0.15, -0.1) is 0 Å². The molecule has 8 nitrogen and oxygen atoms in total. The minimum absolute atomic E-state index is 0.0196. The number of anilines is 4. The van der Waals surface area contributed by atoms with Crippen LogP contribution in [0.4, 0.5) is 36.2 Å². The topological polar surface area (TPSA) is 94.4 Å². The Hall–Kier alpha value is -3.69. The summed E-state index contributed by atoms with van der Waals surface area (Å²) in [5.74, 6) is 0.143. The highest BCUT2D eigenvalue weighted by Crippen LogP contribution is 2.39. The summed E-state index contributed by atoms with van der Waals surface area (Å²) >= 11 is 0. The molecule has 0 amide bonds. The Labute approximate surface area is 208 Å². The fourth-order valence-corrected chi connectivity index (χ4v) is 4.48. The molecule has 1 aliphatic heterocycles. The van der Waals surface area contributed by atoms with Crippen LogP contribution >= 0.6 is 0 Å². The fraction of sp³-hybridized carbons (Fsp3) is 0.292. The van der Waals surface area contributed by atoms with Gasteiger partial charge in [0.15, 0.2) is 0 Å². The van der Waals surface area contributed by atoms with Crippen LogP contribution in [0.25, 0.3) is 11.3 Å². The Kier molecular flexibility index (Phi) is 7.71. The van der Waals surface area contributed by atoms with Crippen LogP contribution in [0.15, 0.2) is 54.7 Å². The van der Waals surface area contributed by atoms with Crippen molar-refractivity contribution in [2.45, 2.75) is 6.18 Å². The number of alkyl halides is 3.